The number of aromatic nitrogens is 2. The third-order valence-corrected chi connectivity index (χ3v) is 8.27. The van der Waals surface area contributed by atoms with Crippen molar-refractivity contribution < 1.29 is 9.53 Å². The van der Waals surface area contributed by atoms with Crippen LogP contribution < -0.4 is 4.90 Å². The number of anilines is 1. The summed E-state index contributed by atoms with van der Waals surface area (Å²) in [6.07, 6.45) is 6.23. The molecule has 2 aromatic rings. The summed E-state index contributed by atoms with van der Waals surface area (Å²) >= 11 is 6.16. The Labute approximate surface area is 213 Å². The Morgan fingerprint density at radius 3 is 2.46 bits per heavy atom. The van der Waals surface area contributed by atoms with Crippen LogP contribution >= 0.6 is 11.6 Å². The van der Waals surface area contributed by atoms with E-state index in [9.17, 15) is 4.79 Å². The molecule has 3 heterocycles. The Morgan fingerprint density at radius 2 is 1.77 bits per heavy atom. The van der Waals surface area contributed by atoms with E-state index in [-0.39, 0.29) is 11.8 Å². The van der Waals surface area contributed by atoms with E-state index in [1.165, 1.54) is 11.3 Å². The average molecular weight is 498 g/mol. The van der Waals surface area contributed by atoms with Gasteiger partial charge in [0.25, 0.3) is 0 Å². The van der Waals surface area contributed by atoms with Crippen LogP contribution in [0.25, 0.3) is 0 Å². The van der Waals surface area contributed by atoms with Crippen LogP contribution in [0.2, 0.25) is 5.02 Å². The first-order valence-electron chi connectivity index (χ1n) is 12.9. The monoisotopic (exact) mass is 497 g/mol. The summed E-state index contributed by atoms with van der Waals surface area (Å²) in [5, 5.41) is 0.695. The summed E-state index contributed by atoms with van der Waals surface area (Å²) in [4.78, 5) is 29.8. The van der Waals surface area contributed by atoms with Gasteiger partial charge in [0.15, 0.2) is 0 Å². The van der Waals surface area contributed by atoms with Crippen molar-refractivity contribution in [1.82, 2.24) is 19.8 Å². The fourth-order valence-electron chi connectivity index (χ4n) is 5.84. The quantitative estimate of drug-likeness (QED) is 0.606. The number of fused-ring (bicyclic) bond motifs is 1. The Bertz CT molecular complexity index is 1020. The van der Waals surface area contributed by atoms with Gasteiger partial charge in [-0.3, -0.25) is 4.79 Å². The molecule has 8 heteroatoms. The number of nitrogens with zero attached hydrogens (tertiary/aromatic N) is 5. The number of halogens is 1. The molecule has 0 unspecified atom stereocenters. The van der Waals surface area contributed by atoms with Gasteiger partial charge in [-0.2, -0.15) is 0 Å². The van der Waals surface area contributed by atoms with Gasteiger partial charge < -0.3 is 19.4 Å². The highest BCUT2D eigenvalue weighted by atomic mass is 35.5. The number of rotatable bonds is 6. The van der Waals surface area contributed by atoms with Crippen molar-refractivity contribution in [1.29, 1.82) is 0 Å². The number of hydrogen-bond donors (Lipinski definition) is 0. The number of methoxy groups -OCH3 is 1. The highest BCUT2D eigenvalue weighted by Gasteiger charge is 2.33. The molecule has 0 bridgehead atoms. The van der Waals surface area contributed by atoms with Crippen molar-refractivity contribution in [2.24, 2.45) is 0 Å². The van der Waals surface area contributed by atoms with E-state index in [0.717, 1.165) is 69.8 Å². The lowest BCUT2D eigenvalue weighted by molar-refractivity contribution is -0.133. The lowest BCUT2D eigenvalue weighted by Gasteiger charge is -2.39. The summed E-state index contributed by atoms with van der Waals surface area (Å²) < 4.78 is 5.54. The van der Waals surface area contributed by atoms with Crippen LogP contribution in [0.4, 0.5) is 5.82 Å². The fraction of sp³-hybridized carbons (Fsp3) is 0.593. The van der Waals surface area contributed by atoms with Crippen molar-refractivity contribution in [3.8, 4) is 0 Å². The minimum atomic E-state index is -0.193. The normalized spacial score (nSPS) is 22.3. The summed E-state index contributed by atoms with van der Waals surface area (Å²) in [6.45, 7) is 7.94. The molecule has 2 aliphatic heterocycles. The minimum absolute atomic E-state index is 0.193. The highest BCUT2D eigenvalue weighted by Crippen LogP contribution is 2.37. The summed E-state index contributed by atoms with van der Waals surface area (Å²) in [6, 6.07) is 7.80. The fourth-order valence-corrected chi connectivity index (χ4v) is 5.97. The molecule has 1 aromatic heterocycles. The van der Waals surface area contributed by atoms with Crippen molar-refractivity contribution in [2.45, 2.75) is 50.5 Å². The topological polar surface area (TPSA) is 61.8 Å². The number of aryl methyl sites for hydroxylation is 1. The van der Waals surface area contributed by atoms with E-state index < -0.39 is 0 Å². The van der Waals surface area contributed by atoms with Gasteiger partial charge in [0.05, 0.1) is 12.0 Å². The lowest BCUT2D eigenvalue weighted by atomic mass is 9.95. The number of benzene rings is 1. The summed E-state index contributed by atoms with van der Waals surface area (Å²) in [5.41, 5.74) is 3.55. The molecule has 0 saturated carbocycles. The molecule has 7 nitrogen and oxygen atoms in total. The van der Waals surface area contributed by atoms with E-state index in [1.54, 1.807) is 13.4 Å². The van der Waals surface area contributed by atoms with Crippen molar-refractivity contribution in [3.05, 3.63) is 52.4 Å². The molecule has 2 fully saturated rings. The van der Waals surface area contributed by atoms with Gasteiger partial charge in [-0.25, -0.2) is 9.97 Å². The highest BCUT2D eigenvalue weighted by molar-refractivity contribution is 6.30. The number of amides is 1. The van der Waals surface area contributed by atoms with Crippen LogP contribution in [0, 0.1) is 0 Å². The first-order valence-corrected chi connectivity index (χ1v) is 13.3. The van der Waals surface area contributed by atoms with Crippen molar-refractivity contribution in [3.63, 3.8) is 0 Å². The molecule has 188 valence electrons. The number of ether oxygens (including phenoxy) is 1. The standard InChI is InChI=1S/C27H36ClN5O2/c1-19-3-8-24-25(19)26(30-18-29-24)32-13-15-33(16-14-32)27(34)23(20-4-6-21(28)7-5-20)17-31-11-9-22(35-2)10-12-31/h4-7,18-19,22-23H,3,8-17H2,1-2H3/t19-,23-/m1/s1. The number of piperidine rings is 1. The van der Waals surface area contributed by atoms with Crippen molar-refractivity contribution in [2.75, 3.05) is 57.8 Å². The molecule has 0 spiro atoms. The van der Waals surface area contributed by atoms with Crippen LogP contribution in [0.3, 0.4) is 0 Å². The van der Waals surface area contributed by atoms with Crippen LogP contribution in [0.1, 0.15) is 54.8 Å². The maximum atomic E-state index is 13.9. The molecule has 2 atom stereocenters. The second-order valence-electron chi connectivity index (χ2n) is 10.1. The molecule has 0 N–H and O–H groups in total. The third kappa shape index (κ3) is 5.32. The largest absolute Gasteiger partial charge is 0.381 e. The predicted molar refractivity (Wildman–Crippen MR) is 138 cm³/mol. The first-order chi connectivity index (χ1) is 17.0. The number of likely N-dealkylation sites (tertiary alicyclic amines) is 1. The lowest BCUT2D eigenvalue weighted by Crippen LogP contribution is -2.52. The second kappa shape index (κ2) is 10.8. The van der Waals surface area contributed by atoms with E-state index in [4.69, 9.17) is 16.3 Å². The zero-order valence-electron chi connectivity index (χ0n) is 20.8. The summed E-state index contributed by atoms with van der Waals surface area (Å²) in [7, 11) is 1.79. The van der Waals surface area contributed by atoms with Crippen LogP contribution in [0.5, 0.6) is 0 Å². The minimum Gasteiger partial charge on any atom is -0.381 e. The molecule has 1 aliphatic carbocycles. The molecule has 2 saturated heterocycles. The Morgan fingerprint density at radius 1 is 1.06 bits per heavy atom. The van der Waals surface area contributed by atoms with E-state index >= 15 is 0 Å². The molecule has 1 amide bonds. The maximum Gasteiger partial charge on any atom is 0.231 e. The molecule has 35 heavy (non-hydrogen) atoms. The Balaban J connectivity index is 1.28. The van der Waals surface area contributed by atoms with Crippen LogP contribution in [-0.4, -0.2) is 84.7 Å². The molecule has 5 rings (SSSR count). The predicted octanol–water partition coefficient (Wildman–Crippen LogP) is 3.72. The molecule has 3 aliphatic rings. The zero-order chi connectivity index (χ0) is 24.4. The number of piperazine rings is 1. The van der Waals surface area contributed by atoms with Gasteiger partial charge in [-0.1, -0.05) is 30.7 Å². The zero-order valence-corrected chi connectivity index (χ0v) is 21.6. The average Bonchev–Trinajstić information content (AvgIpc) is 3.29. The Hall–Kier alpha value is -2.22. The molecule has 1 aromatic carbocycles. The van der Waals surface area contributed by atoms with Gasteiger partial charge in [0.1, 0.15) is 12.1 Å². The number of carbonyl (C=O) groups excluding carboxylic acids is 1. The van der Waals surface area contributed by atoms with Gasteiger partial charge in [-0.05, 0) is 49.3 Å². The third-order valence-electron chi connectivity index (χ3n) is 8.02. The SMILES string of the molecule is COC1CCN(C[C@@H](C(=O)N2CCN(c3ncnc4c3[C@H](C)CC4)CC2)c2ccc(Cl)cc2)CC1. The van der Waals surface area contributed by atoms with Crippen LogP contribution in [-0.2, 0) is 16.0 Å². The van der Waals surface area contributed by atoms with Crippen LogP contribution in [0.15, 0.2) is 30.6 Å². The van der Waals surface area contributed by atoms with E-state index in [1.807, 2.05) is 29.2 Å². The van der Waals surface area contributed by atoms with Crippen molar-refractivity contribution >= 4 is 23.3 Å². The smallest absolute Gasteiger partial charge is 0.231 e. The van der Waals surface area contributed by atoms with Gasteiger partial charge in [0.2, 0.25) is 5.91 Å². The molecule has 0 radical (unpaired) electrons. The van der Waals surface area contributed by atoms with E-state index in [0.29, 0.717) is 30.1 Å². The number of carbonyl (C=O) groups is 1. The second-order valence-corrected chi connectivity index (χ2v) is 10.6. The van der Waals surface area contributed by atoms with Gasteiger partial charge in [-0.15, -0.1) is 0 Å². The van der Waals surface area contributed by atoms with Gasteiger partial charge in [0, 0.05) is 69.2 Å². The maximum absolute atomic E-state index is 13.9. The molecular formula is C27H36ClN5O2. The van der Waals surface area contributed by atoms with E-state index in [2.05, 4.69) is 26.7 Å². The first kappa shape index (κ1) is 24.5. The molecular weight excluding hydrogens is 462 g/mol. The Kier molecular flexibility index (Phi) is 7.56. The van der Waals surface area contributed by atoms with Gasteiger partial charge >= 0.3 is 0 Å². The number of hydrogen-bond acceptors (Lipinski definition) is 6. The summed E-state index contributed by atoms with van der Waals surface area (Å²) in [5.74, 6) is 1.59.